The summed E-state index contributed by atoms with van der Waals surface area (Å²) in [5.41, 5.74) is 2.21. The van der Waals surface area contributed by atoms with Gasteiger partial charge in [-0.15, -0.1) is 0 Å². The SMILES string of the molecule is CCCCn1c(=O)c(CCC(=O)OCC(=O)Nc2cc(C)no2)nc2ccccc21. The number of amides is 1. The lowest BCUT2D eigenvalue weighted by Crippen LogP contribution is -2.27. The van der Waals surface area contributed by atoms with Crippen LogP contribution in [0.15, 0.2) is 39.6 Å². The fourth-order valence-corrected chi connectivity index (χ4v) is 2.98. The molecule has 2 aromatic heterocycles. The molecule has 2 heterocycles. The second-order valence-electron chi connectivity index (χ2n) is 6.90. The number of esters is 1. The summed E-state index contributed by atoms with van der Waals surface area (Å²) in [7, 11) is 0. The van der Waals surface area contributed by atoms with E-state index in [4.69, 9.17) is 9.26 Å². The molecule has 0 saturated heterocycles. The van der Waals surface area contributed by atoms with Crippen LogP contribution in [-0.4, -0.2) is 33.2 Å². The Balaban J connectivity index is 1.60. The van der Waals surface area contributed by atoms with Crippen LogP contribution in [0, 0.1) is 6.92 Å². The fourth-order valence-electron chi connectivity index (χ4n) is 2.98. The van der Waals surface area contributed by atoms with E-state index in [1.54, 1.807) is 17.6 Å². The van der Waals surface area contributed by atoms with Crippen LogP contribution < -0.4 is 10.9 Å². The monoisotopic (exact) mass is 412 g/mol. The molecule has 0 fully saturated rings. The minimum absolute atomic E-state index is 0.0525. The van der Waals surface area contributed by atoms with Crippen LogP contribution in [0.4, 0.5) is 5.88 Å². The highest BCUT2D eigenvalue weighted by Crippen LogP contribution is 2.12. The molecule has 0 atom stereocenters. The van der Waals surface area contributed by atoms with E-state index in [9.17, 15) is 14.4 Å². The Morgan fingerprint density at radius 1 is 1.27 bits per heavy atom. The van der Waals surface area contributed by atoms with Crippen molar-refractivity contribution in [1.29, 1.82) is 0 Å². The molecule has 3 aromatic rings. The van der Waals surface area contributed by atoms with E-state index in [0.717, 1.165) is 18.4 Å². The number of aromatic nitrogens is 3. The standard InChI is InChI=1S/C21H24N4O5/c1-3-4-11-25-17-8-6-5-7-15(17)22-16(21(25)28)9-10-20(27)29-13-18(26)23-19-12-14(2)24-30-19/h5-8,12H,3-4,9-11,13H2,1-2H3,(H,23,26). The summed E-state index contributed by atoms with van der Waals surface area (Å²) >= 11 is 0. The molecule has 0 bridgehead atoms. The van der Waals surface area contributed by atoms with Crippen LogP contribution >= 0.6 is 0 Å². The van der Waals surface area contributed by atoms with Crippen molar-refractivity contribution in [3.8, 4) is 0 Å². The Bertz CT molecular complexity index is 1100. The van der Waals surface area contributed by atoms with Gasteiger partial charge < -0.3 is 13.8 Å². The van der Waals surface area contributed by atoms with Gasteiger partial charge in [0, 0.05) is 19.0 Å². The van der Waals surface area contributed by atoms with Gasteiger partial charge >= 0.3 is 5.97 Å². The van der Waals surface area contributed by atoms with Crippen molar-refractivity contribution in [3.05, 3.63) is 52.1 Å². The van der Waals surface area contributed by atoms with Gasteiger partial charge in [-0.05, 0) is 25.5 Å². The van der Waals surface area contributed by atoms with E-state index in [2.05, 4.69) is 22.4 Å². The van der Waals surface area contributed by atoms with E-state index in [-0.39, 0.29) is 24.3 Å². The number of anilines is 1. The highest BCUT2D eigenvalue weighted by atomic mass is 16.5. The summed E-state index contributed by atoms with van der Waals surface area (Å²) in [6, 6.07) is 8.99. The number of nitrogens with one attached hydrogen (secondary N) is 1. The van der Waals surface area contributed by atoms with Crippen LogP contribution in [0.25, 0.3) is 11.0 Å². The van der Waals surface area contributed by atoms with Gasteiger partial charge in [-0.1, -0.05) is 30.6 Å². The fraction of sp³-hybridized carbons (Fsp3) is 0.381. The molecular formula is C21H24N4O5. The van der Waals surface area contributed by atoms with Gasteiger partial charge in [0.2, 0.25) is 5.88 Å². The van der Waals surface area contributed by atoms with Crippen LogP contribution in [0.1, 0.15) is 37.6 Å². The number of hydrogen-bond donors (Lipinski definition) is 1. The first-order chi connectivity index (χ1) is 14.5. The average molecular weight is 412 g/mol. The summed E-state index contributed by atoms with van der Waals surface area (Å²) < 4.78 is 11.6. The summed E-state index contributed by atoms with van der Waals surface area (Å²) in [6.45, 7) is 3.92. The van der Waals surface area contributed by atoms with Crippen LogP contribution in [0.3, 0.4) is 0 Å². The molecule has 9 heteroatoms. The molecule has 1 aromatic carbocycles. The zero-order chi connectivity index (χ0) is 21.5. The number of nitrogens with zero attached hydrogens (tertiary/aromatic N) is 3. The number of fused-ring (bicyclic) bond motifs is 1. The van der Waals surface area contributed by atoms with E-state index in [1.807, 2.05) is 24.3 Å². The minimum Gasteiger partial charge on any atom is -0.456 e. The smallest absolute Gasteiger partial charge is 0.306 e. The van der Waals surface area contributed by atoms with Gasteiger partial charge in [0.05, 0.1) is 23.1 Å². The second kappa shape index (κ2) is 9.82. The lowest BCUT2D eigenvalue weighted by molar-refractivity contribution is -0.147. The number of rotatable bonds is 9. The third-order valence-electron chi connectivity index (χ3n) is 4.48. The van der Waals surface area contributed by atoms with Crippen molar-refractivity contribution < 1.29 is 18.8 Å². The number of carbonyl (C=O) groups is 2. The highest BCUT2D eigenvalue weighted by molar-refractivity contribution is 5.91. The summed E-state index contributed by atoms with van der Waals surface area (Å²) in [5, 5.41) is 6.08. The van der Waals surface area contributed by atoms with Crippen LogP contribution in [-0.2, 0) is 27.3 Å². The molecule has 0 unspecified atom stereocenters. The summed E-state index contributed by atoms with van der Waals surface area (Å²) in [4.78, 5) is 41.1. The van der Waals surface area contributed by atoms with Gasteiger partial charge in [-0.2, -0.15) is 0 Å². The largest absolute Gasteiger partial charge is 0.456 e. The predicted octanol–water partition coefficient (Wildman–Crippen LogP) is 2.61. The molecule has 0 spiro atoms. The van der Waals surface area contributed by atoms with Gasteiger partial charge in [0.1, 0.15) is 5.69 Å². The summed E-state index contributed by atoms with van der Waals surface area (Å²) in [6.07, 6.45) is 1.91. The molecule has 0 aliphatic carbocycles. The van der Waals surface area contributed by atoms with Crippen molar-refractivity contribution in [1.82, 2.24) is 14.7 Å². The van der Waals surface area contributed by atoms with E-state index < -0.39 is 18.5 Å². The zero-order valence-electron chi connectivity index (χ0n) is 17.0. The Morgan fingerprint density at radius 2 is 2.07 bits per heavy atom. The first kappa shape index (κ1) is 21.2. The Hall–Kier alpha value is -3.49. The zero-order valence-corrected chi connectivity index (χ0v) is 17.0. The number of ether oxygens (including phenoxy) is 1. The maximum absolute atomic E-state index is 12.8. The normalized spacial score (nSPS) is 10.9. The number of carbonyl (C=O) groups excluding carboxylic acids is 2. The quantitative estimate of drug-likeness (QED) is 0.537. The van der Waals surface area contributed by atoms with Crippen LogP contribution in [0.2, 0.25) is 0 Å². The molecule has 0 aliphatic rings. The average Bonchev–Trinajstić information content (AvgIpc) is 3.14. The second-order valence-corrected chi connectivity index (χ2v) is 6.90. The minimum atomic E-state index is -0.589. The lowest BCUT2D eigenvalue weighted by atomic mass is 10.2. The van der Waals surface area contributed by atoms with E-state index in [0.29, 0.717) is 23.4 Å². The molecule has 9 nitrogen and oxygen atoms in total. The molecule has 158 valence electrons. The third-order valence-corrected chi connectivity index (χ3v) is 4.48. The predicted molar refractivity (Wildman–Crippen MR) is 110 cm³/mol. The number of hydrogen-bond acceptors (Lipinski definition) is 7. The van der Waals surface area contributed by atoms with Gasteiger partial charge in [0.25, 0.3) is 11.5 Å². The molecule has 1 N–H and O–H groups in total. The van der Waals surface area contributed by atoms with Crippen molar-refractivity contribution in [2.45, 2.75) is 46.1 Å². The molecule has 30 heavy (non-hydrogen) atoms. The van der Waals surface area contributed by atoms with Gasteiger partial charge in [-0.25, -0.2) is 4.98 Å². The molecular weight excluding hydrogens is 388 g/mol. The lowest BCUT2D eigenvalue weighted by Gasteiger charge is -2.11. The van der Waals surface area contributed by atoms with Crippen molar-refractivity contribution in [2.75, 3.05) is 11.9 Å². The number of unbranched alkanes of at least 4 members (excludes halogenated alkanes) is 1. The number of benzene rings is 1. The Kier molecular flexibility index (Phi) is 6.95. The van der Waals surface area contributed by atoms with Crippen molar-refractivity contribution in [3.63, 3.8) is 0 Å². The Morgan fingerprint density at radius 3 is 2.80 bits per heavy atom. The van der Waals surface area contributed by atoms with Gasteiger partial charge in [0.15, 0.2) is 6.61 Å². The number of para-hydroxylation sites is 2. The Labute approximate surface area is 173 Å². The molecule has 3 rings (SSSR count). The summed E-state index contributed by atoms with van der Waals surface area (Å²) in [5.74, 6) is -0.944. The third kappa shape index (κ3) is 5.31. The van der Waals surface area contributed by atoms with Crippen LogP contribution in [0.5, 0.6) is 0 Å². The highest BCUT2D eigenvalue weighted by Gasteiger charge is 2.14. The first-order valence-corrected chi connectivity index (χ1v) is 9.85. The van der Waals surface area contributed by atoms with E-state index >= 15 is 0 Å². The molecule has 0 saturated carbocycles. The number of aryl methyl sites for hydroxylation is 3. The molecule has 1 amide bonds. The van der Waals surface area contributed by atoms with E-state index in [1.165, 1.54) is 0 Å². The topological polar surface area (TPSA) is 116 Å². The van der Waals surface area contributed by atoms with Crippen molar-refractivity contribution >= 4 is 28.8 Å². The maximum atomic E-state index is 12.8. The first-order valence-electron chi connectivity index (χ1n) is 9.85. The van der Waals surface area contributed by atoms with Crippen molar-refractivity contribution in [2.24, 2.45) is 0 Å². The molecule has 0 radical (unpaired) electrons. The maximum Gasteiger partial charge on any atom is 0.306 e. The van der Waals surface area contributed by atoms with Gasteiger partial charge in [-0.3, -0.25) is 19.7 Å². The molecule has 0 aliphatic heterocycles.